The normalized spacial score (nSPS) is 19.3. The Morgan fingerprint density at radius 1 is 1.07 bits per heavy atom. The molecule has 1 aromatic carbocycles. The van der Waals surface area contributed by atoms with Crippen LogP contribution in [0.2, 0.25) is 0 Å². The Balaban J connectivity index is 0.00000280. The number of nitrogens with zero attached hydrogens (tertiary/aromatic N) is 3. The lowest BCUT2D eigenvalue weighted by Gasteiger charge is -2.38. The van der Waals surface area contributed by atoms with E-state index in [-0.39, 0.29) is 30.9 Å². The summed E-state index contributed by atoms with van der Waals surface area (Å²) < 4.78 is 28.9. The Bertz CT molecular complexity index is 718. The number of piperazine rings is 1. The molecule has 1 aromatic rings. The lowest BCUT2D eigenvalue weighted by molar-refractivity contribution is -0.130. The number of anilines is 1. The summed E-state index contributed by atoms with van der Waals surface area (Å²) in [7, 11) is -1.75. The highest BCUT2D eigenvalue weighted by atomic mass is 35.5. The third kappa shape index (κ3) is 5.59. The van der Waals surface area contributed by atoms with Gasteiger partial charge in [-0.3, -0.25) is 4.79 Å². The fourth-order valence-corrected chi connectivity index (χ4v) is 5.41. The van der Waals surface area contributed by atoms with Gasteiger partial charge in [0.15, 0.2) is 0 Å². The second-order valence-electron chi connectivity index (χ2n) is 7.32. The van der Waals surface area contributed by atoms with Gasteiger partial charge in [0.25, 0.3) is 10.2 Å². The molecule has 1 N–H and O–H groups in total. The van der Waals surface area contributed by atoms with E-state index in [0.29, 0.717) is 26.2 Å². The molecule has 9 heteroatoms. The molecule has 1 amide bonds. The third-order valence-electron chi connectivity index (χ3n) is 5.59. The van der Waals surface area contributed by atoms with E-state index in [1.807, 2.05) is 30.3 Å². The van der Waals surface area contributed by atoms with E-state index in [1.165, 1.54) is 10.7 Å². The Labute approximate surface area is 174 Å². The van der Waals surface area contributed by atoms with Gasteiger partial charge in [-0.2, -0.15) is 17.0 Å². The van der Waals surface area contributed by atoms with E-state index in [0.717, 1.165) is 31.4 Å². The summed E-state index contributed by atoms with van der Waals surface area (Å²) in [6.45, 7) is 1.81. The SMILES string of the molecule is CN(C1CCCCC1)S(=O)(=O)N1CCN(C(=O)CNc2ccccc2)CC1.Cl. The number of rotatable bonds is 6. The highest BCUT2D eigenvalue weighted by molar-refractivity contribution is 7.86. The van der Waals surface area contributed by atoms with Gasteiger partial charge in [-0.15, -0.1) is 12.4 Å². The summed E-state index contributed by atoms with van der Waals surface area (Å²) in [5.74, 6) is -0.00321. The quantitative estimate of drug-likeness (QED) is 0.750. The molecule has 28 heavy (non-hydrogen) atoms. The molecular formula is C19H31ClN4O3S. The Kier molecular flexibility index (Phi) is 8.55. The molecule has 0 bridgehead atoms. The smallest absolute Gasteiger partial charge is 0.282 e. The summed E-state index contributed by atoms with van der Waals surface area (Å²) >= 11 is 0. The molecule has 2 fully saturated rings. The number of carbonyl (C=O) groups is 1. The lowest BCUT2D eigenvalue weighted by Crippen LogP contribution is -2.55. The van der Waals surface area contributed by atoms with Crippen molar-refractivity contribution in [3.05, 3.63) is 30.3 Å². The number of carbonyl (C=O) groups excluding carboxylic acids is 1. The summed E-state index contributed by atoms with van der Waals surface area (Å²) in [6.07, 6.45) is 5.28. The molecule has 0 spiro atoms. The maximum absolute atomic E-state index is 12.9. The molecule has 1 saturated heterocycles. The zero-order chi connectivity index (χ0) is 19.3. The van der Waals surface area contributed by atoms with Gasteiger partial charge in [0.1, 0.15) is 0 Å². The minimum absolute atomic E-state index is 0. The van der Waals surface area contributed by atoms with Crippen LogP contribution in [0.1, 0.15) is 32.1 Å². The van der Waals surface area contributed by atoms with Crippen LogP contribution in [0.3, 0.4) is 0 Å². The maximum atomic E-state index is 12.9. The second-order valence-corrected chi connectivity index (χ2v) is 9.30. The molecule has 1 heterocycles. The summed E-state index contributed by atoms with van der Waals surface area (Å²) in [5, 5.41) is 3.11. The van der Waals surface area contributed by atoms with E-state index in [1.54, 1.807) is 16.3 Å². The zero-order valence-electron chi connectivity index (χ0n) is 16.4. The molecule has 158 valence electrons. The van der Waals surface area contributed by atoms with E-state index in [9.17, 15) is 13.2 Å². The van der Waals surface area contributed by atoms with Crippen molar-refractivity contribution in [2.24, 2.45) is 0 Å². The number of hydrogen-bond acceptors (Lipinski definition) is 4. The lowest BCUT2D eigenvalue weighted by atomic mass is 9.96. The molecule has 0 unspecified atom stereocenters. The van der Waals surface area contributed by atoms with Crippen molar-refractivity contribution in [1.29, 1.82) is 0 Å². The zero-order valence-corrected chi connectivity index (χ0v) is 18.1. The molecule has 2 aliphatic rings. The number of amides is 1. The summed E-state index contributed by atoms with van der Waals surface area (Å²) in [4.78, 5) is 14.1. The number of nitrogens with one attached hydrogen (secondary N) is 1. The number of hydrogen-bond donors (Lipinski definition) is 1. The van der Waals surface area contributed by atoms with Crippen LogP contribution in [0, 0.1) is 0 Å². The Morgan fingerprint density at radius 2 is 1.68 bits per heavy atom. The standard InChI is InChI=1S/C19H30N4O3S.ClH/c1-21(18-10-6-3-7-11-18)27(25,26)23-14-12-22(13-15-23)19(24)16-20-17-8-4-2-5-9-17;/h2,4-5,8-9,18,20H,3,6-7,10-16H2,1H3;1H. The largest absolute Gasteiger partial charge is 0.376 e. The average Bonchev–Trinajstić information content (AvgIpc) is 2.73. The van der Waals surface area contributed by atoms with Crippen molar-refractivity contribution in [3.63, 3.8) is 0 Å². The van der Waals surface area contributed by atoms with Gasteiger partial charge in [-0.1, -0.05) is 37.5 Å². The Hall–Kier alpha value is -1.35. The van der Waals surface area contributed by atoms with E-state index < -0.39 is 10.2 Å². The van der Waals surface area contributed by atoms with Crippen LogP contribution >= 0.6 is 12.4 Å². The van der Waals surface area contributed by atoms with Crippen LogP contribution in [-0.4, -0.2) is 73.6 Å². The molecule has 7 nitrogen and oxygen atoms in total. The van der Waals surface area contributed by atoms with Crippen LogP contribution in [0.15, 0.2) is 30.3 Å². The molecule has 0 atom stereocenters. The number of halogens is 1. The van der Waals surface area contributed by atoms with Crippen LogP contribution in [0.5, 0.6) is 0 Å². The van der Waals surface area contributed by atoms with Crippen LogP contribution in [-0.2, 0) is 15.0 Å². The number of benzene rings is 1. The van der Waals surface area contributed by atoms with Gasteiger partial charge in [0.2, 0.25) is 5.91 Å². The van der Waals surface area contributed by atoms with Crippen molar-refractivity contribution in [3.8, 4) is 0 Å². The average molecular weight is 431 g/mol. The maximum Gasteiger partial charge on any atom is 0.282 e. The van der Waals surface area contributed by atoms with Crippen LogP contribution < -0.4 is 5.32 Å². The fraction of sp³-hybridized carbons (Fsp3) is 0.632. The topological polar surface area (TPSA) is 73.0 Å². The first-order chi connectivity index (χ1) is 13.0. The fourth-order valence-electron chi connectivity index (χ4n) is 3.83. The van der Waals surface area contributed by atoms with Crippen molar-refractivity contribution in [2.45, 2.75) is 38.1 Å². The molecular weight excluding hydrogens is 400 g/mol. The summed E-state index contributed by atoms with van der Waals surface area (Å²) in [5.41, 5.74) is 0.904. The molecule has 1 aliphatic carbocycles. The third-order valence-corrected chi connectivity index (χ3v) is 7.63. The van der Waals surface area contributed by atoms with E-state index in [2.05, 4.69) is 5.32 Å². The molecule has 0 radical (unpaired) electrons. The highest BCUT2D eigenvalue weighted by Gasteiger charge is 2.35. The van der Waals surface area contributed by atoms with Gasteiger partial charge in [0.05, 0.1) is 6.54 Å². The predicted molar refractivity (Wildman–Crippen MR) is 114 cm³/mol. The van der Waals surface area contributed by atoms with Gasteiger partial charge < -0.3 is 10.2 Å². The van der Waals surface area contributed by atoms with Crippen molar-refractivity contribution >= 4 is 34.2 Å². The first kappa shape index (κ1) is 22.9. The number of para-hydroxylation sites is 1. The van der Waals surface area contributed by atoms with Gasteiger partial charge in [0, 0.05) is 45.0 Å². The monoisotopic (exact) mass is 430 g/mol. The van der Waals surface area contributed by atoms with E-state index >= 15 is 0 Å². The van der Waals surface area contributed by atoms with Crippen molar-refractivity contribution < 1.29 is 13.2 Å². The van der Waals surface area contributed by atoms with Crippen LogP contribution in [0.4, 0.5) is 5.69 Å². The van der Waals surface area contributed by atoms with Gasteiger partial charge >= 0.3 is 0 Å². The Morgan fingerprint density at radius 3 is 2.29 bits per heavy atom. The van der Waals surface area contributed by atoms with E-state index in [4.69, 9.17) is 0 Å². The molecule has 1 aliphatic heterocycles. The van der Waals surface area contributed by atoms with Crippen molar-refractivity contribution in [2.75, 3.05) is 45.1 Å². The first-order valence-corrected chi connectivity index (χ1v) is 11.2. The predicted octanol–water partition coefficient (Wildman–Crippen LogP) is 2.17. The first-order valence-electron chi connectivity index (χ1n) is 9.78. The van der Waals surface area contributed by atoms with Crippen LogP contribution in [0.25, 0.3) is 0 Å². The van der Waals surface area contributed by atoms with Gasteiger partial charge in [-0.25, -0.2) is 0 Å². The summed E-state index contributed by atoms with van der Waals surface area (Å²) in [6, 6.07) is 9.70. The van der Waals surface area contributed by atoms with Gasteiger partial charge in [-0.05, 0) is 25.0 Å². The molecule has 1 saturated carbocycles. The highest BCUT2D eigenvalue weighted by Crippen LogP contribution is 2.25. The minimum Gasteiger partial charge on any atom is -0.376 e. The molecule has 0 aromatic heterocycles. The minimum atomic E-state index is -3.45. The molecule has 3 rings (SSSR count). The second kappa shape index (κ2) is 10.4. The van der Waals surface area contributed by atoms with Crippen molar-refractivity contribution in [1.82, 2.24) is 13.5 Å².